The third kappa shape index (κ3) is 3.79. The first kappa shape index (κ1) is 12.5. The molecule has 17 heavy (non-hydrogen) atoms. The van der Waals surface area contributed by atoms with Crippen LogP contribution in [0.2, 0.25) is 0 Å². The monoisotopic (exact) mass is 233 g/mol. The summed E-state index contributed by atoms with van der Waals surface area (Å²) in [5, 5.41) is 0. The van der Waals surface area contributed by atoms with E-state index in [4.69, 9.17) is 5.73 Å². The first-order chi connectivity index (χ1) is 8.25. The Balaban J connectivity index is 1.79. The number of likely N-dealkylation sites (N-methyl/N-ethyl adjacent to an activating group) is 1. The first-order valence-corrected chi connectivity index (χ1v) is 6.61. The lowest BCUT2D eigenvalue weighted by Crippen LogP contribution is -2.41. The zero-order valence-corrected chi connectivity index (χ0v) is 10.7. The van der Waals surface area contributed by atoms with E-state index in [0.29, 0.717) is 12.1 Å². The fourth-order valence-corrected chi connectivity index (χ4v) is 2.62. The fourth-order valence-electron chi connectivity index (χ4n) is 2.62. The van der Waals surface area contributed by atoms with Crippen LogP contribution in [-0.4, -0.2) is 35.6 Å². The molecule has 0 aliphatic heterocycles. The highest BCUT2D eigenvalue weighted by molar-refractivity contribution is 5.03. The molecule has 0 saturated heterocycles. The standard InChI is InChI=1S/C14H23N3/c1-17(14-7-4-5-12(15)11-14)10-8-13-6-2-3-9-16-13/h2-3,6,9,12,14H,4-5,7-8,10-11,15H2,1H3. The number of aromatic nitrogens is 1. The molecule has 1 aromatic rings. The summed E-state index contributed by atoms with van der Waals surface area (Å²) in [6.07, 6.45) is 7.82. The molecule has 3 heteroatoms. The lowest BCUT2D eigenvalue weighted by molar-refractivity contribution is 0.182. The summed E-state index contributed by atoms with van der Waals surface area (Å²) in [6.45, 7) is 1.08. The topological polar surface area (TPSA) is 42.2 Å². The molecular formula is C14H23N3. The Bertz CT molecular complexity index is 325. The van der Waals surface area contributed by atoms with E-state index < -0.39 is 0 Å². The molecule has 1 heterocycles. The van der Waals surface area contributed by atoms with Crippen LogP contribution in [0.3, 0.4) is 0 Å². The Morgan fingerprint density at radius 3 is 3.00 bits per heavy atom. The molecule has 0 bridgehead atoms. The zero-order chi connectivity index (χ0) is 12.1. The third-order valence-corrected chi connectivity index (χ3v) is 3.76. The fraction of sp³-hybridized carbons (Fsp3) is 0.643. The normalized spacial score (nSPS) is 25.1. The van der Waals surface area contributed by atoms with Crippen molar-refractivity contribution in [1.29, 1.82) is 0 Å². The smallest absolute Gasteiger partial charge is 0.0416 e. The zero-order valence-electron chi connectivity index (χ0n) is 10.7. The number of nitrogens with two attached hydrogens (primary N) is 1. The summed E-state index contributed by atoms with van der Waals surface area (Å²) >= 11 is 0. The maximum atomic E-state index is 6.03. The van der Waals surface area contributed by atoms with E-state index in [9.17, 15) is 0 Å². The van der Waals surface area contributed by atoms with Crippen LogP contribution < -0.4 is 5.73 Å². The van der Waals surface area contributed by atoms with Gasteiger partial charge in [-0.1, -0.05) is 12.5 Å². The lowest BCUT2D eigenvalue weighted by Gasteiger charge is -2.33. The predicted octanol–water partition coefficient (Wildman–Crippen LogP) is 1.83. The second kappa shape index (κ2) is 6.12. The molecule has 1 aliphatic rings. The number of hydrogen-bond donors (Lipinski definition) is 1. The molecule has 1 saturated carbocycles. The van der Waals surface area contributed by atoms with Gasteiger partial charge in [0.25, 0.3) is 0 Å². The molecule has 2 N–H and O–H groups in total. The molecule has 0 spiro atoms. The van der Waals surface area contributed by atoms with Crippen LogP contribution in [0.1, 0.15) is 31.4 Å². The SMILES string of the molecule is CN(CCc1ccccn1)C1CCCC(N)C1. The summed E-state index contributed by atoms with van der Waals surface area (Å²) in [4.78, 5) is 6.81. The van der Waals surface area contributed by atoms with Crippen LogP contribution in [0.25, 0.3) is 0 Å². The molecule has 1 fully saturated rings. The molecule has 2 atom stereocenters. The molecule has 1 aromatic heterocycles. The van der Waals surface area contributed by atoms with Crippen molar-refractivity contribution in [2.45, 2.75) is 44.2 Å². The number of nitrogens with zero attached hydrogens (tertiary/aromatic N) is 2. The van der Waals surface area contributed by atoms with Gasteiger partial charge in [0, 0.05) is 36.9 Å². The van der Waals surface area contributed by atoms with E-state index >= 15 is 0 Å². The van der Waals surface area contributed by atoms with Gasteiger partial charge in [-0.15, -0.1) is 0 Å². The molecule has 3 nitrogen and oxygen atoms in total. The van der Waals surface area contributed by atoms with Crippen LogP contribution in [0.4, 0.5) is 0 Å². The van der Waals surface area contributed by atoms with Crippen LogP contribution >= 0.6 is 0 Å². The molecule has 1 aliphatic carbocycles. The van der Waals surface area contributed by atoms with E-state index in [-0.39, 0.29) is 0 Å². The van der Waals surface area contributed by atoms with Gasteiger partial charge in [-0.3, -0.25) is 4.98 Å². The van der Waals surface area contributed by atoms with E-state index in [1.165, 1.54) is 25.0 Å². The van der Waals surface area contributed by atoms with Crippen LogP contribution in [0.15, 0.2) is 24.4 Å². The molecule has 2 rings (SSSR count). The minimum atomic E-state index is 0.408. The Morgan fingerprint density at radius 1 is 1.41 bits per heavy atom. The lowest BCUT2D eigenvalue weighted by atomic mass is 9.90. The van der Waals surface area contributed by atoms with Gasteiger partial charge in [-0.2, -0.15) is 0 Å². The predicted molar refractivity (Wildman–Crippen MR) is 70.8 cm³/mol. The summed E-state index contributed by atoms with van der Waals surface area (Å²) in [7, 11) is 2.21. The van der Waals surface area contributed by atoms with E-state index in [1.807, 2.05) is 12.3 Å². The molecule has 0 amide bonds. The van der Waals surface area contributed by atoms with Crippen molar-refractivity contribution in [3.05, 3.63) is 30.1 Å². The highest BCUT2D eigenvalue weighted by Gasteiger charge is 2.22. The van der Waals surface area contributed by atoms with Gasteiger partial charge >= 0.3 is 0 Å². The molecule has 2 unspecified atom stereocenters. The number of hydrogen-bond acceptors (Lipinski definition) is 3. The minimum Gasteiger partial charge on any atom is -0.328 e. The average molecular weight is 233 g/mol. The minimum absolute atomic E-state index is 0.408. The first-order valence-electron chi connectivity index (χ1n) is 6.61. The van der Waals surface area contributed by atoms with Crippen LogP contribution in [0.5, 0.6) is 0 Å². The highest BCUT2D eigenvalue weighted by Crippen LogP contribution is 2.21. The van der Waals surface area contributed by atoms with Crippen molar-refractivity contribution in [3.63, 3.8) is 0 Å². The van der Waals surface area contributed by atoms with Gasteiger partial charge < -0.3 is 10.6 Å². The van der Waals surface area contributed by atoms with Gasteiger partial charge in [0.1, 0.15) is 0 Å². The second-order valence-corrected chi connectivity index (χ2v) is 5.13. The quantitative estimate of drug-likeness (QED) is 0.862. The maximum absolute atomic E-state index is 6.03. The van der Waals surface area contributed by atoms with Gasteiger partial charge in [-0.05, 0) is 38.4 Å². The summed E-state index contributed by atoms with van der Waals surface area (Å²) in [5.41, 5.74) is 7.21. The van der Waals surface area contributed by atoms with E-state index in [1.54, 1.807) is 0 Å². The maximum Gasteiger partial charge on any atom is 0.0416 e. The molecule has 0 radical (unpaired) electrons. The van der Waals surface area contributed by atoms with E-state index in [2.05, 4.69) is 29.1 Å². The number of pyridine rings is 1. The van der Waals surface area contributed by atoms with Crippen LogP contribution in [-0.2, 0) is 6.42 Å². The van der Waals surface area contributed by atoms with Crippen molar-refractivity contribution in [2.75, 3.05) is 13.6 Å². The second-order valence-electron chi connectivity index (χ2n) is 5.13. The van der Waals surface area contributed by atoms with E-state index in [0.717, 1.165) is 19.4 Å². The molecule has 0 aromatic carbocycles. The molecular weight excluding hydrogens is 210 g/mol. The highest BCUT2D eigenvalue weighted by atomic mass is 15.1. The van der Waals surface area contributed by atoms with Gasteiger partial charge in [0.15, 0.2) is 0 Å². The summed E-state index contributed by atoms with van der Waals surface area (Å²) < 4.78 is 0. The molecule has 94 valence electrons. The van der Waals surface area contributed by atoms with Crippen LogP contribution in [0, 0.1) is 0 Å². The summed E-state index contributed by atoms with van der Waals surface area (Å²) in [6, 6.07) is 7.20. The van der Waals surface area contributed by atoms with Gasteiger partial charge in [0.05, 0.1) is 0 Å². The van der Waals surface area contributed by atoms with Gasteiger partial charge in [-0.25, -0.2) is 0 Å². The Kier molecular flexibility index (Phi) is 4.51. The Hall–Kier alpha value is -0.930. The Labute approximate surface area is 104 Å². The number of rotatable bonds is 4. The van der Waals surface area contributed by atoms with Crippen molar-refractivity contribution in [2.24, 2.45) is 5.73 Å². The van der Waals surface area contributed by atoms with Crippen molar-refractivity contribution in [1.82, 2.24) is 9.88 Å². The Morgan fingerprint density at radius 2 is 2.29 bits per heavy atom. The van der Waals surface area contributed by atoms with Crippen molar-refractivity contribution < 1.29 is 0 Å². The summed E-state index contributed by atoms with van der Waals surface area (Å²) in [5.74, 6) is 0. The van der Waals surface area contributed by atoms with Crippen molar-refractivity contribution in [3.8, 4) is 0 Å². The van der Waals surface area contributed by atoms with Crippen molar-refractivity contribution >= 4 is 0 Å². The average Bonchev–Trinajstić information content (AvgIpc) is 2.37. The van der Waals surface area contributed by atoms with Gasteiger partial charge in [0.2, 0.25) is 0 Å². The third-order valence-electron chi connectivity index (χ3n) is 3.76. The largest absolute Gasteiger partial charge is 0.328 e.